The van der Waals surface area contributed by atoms with Gasteiger partial charge in [0.25, 0.3) is 0 Å². The second-order valence-electron chi connectivity index (χ2n) is 3.75. The van der Waals surface area contributed by atoms with Gasteiger partial charge in [-0.3, -0.25) is 0 Å². The van der Waals surface area contributed by atoms with Gasteiger partial charge in [0.2, 0.25) is 0 Å². The molecule has 0 aromatic carbocycles. The molecule has 1 saturated heterocycles. The number of carbonyl (C=O) groups is 1. The Morgan fingerprint density at radius 3 is 2.20 bits per heavy atom. The van der Waals surface area contributed by atoms with E-state index in [1.807, 2.05) is 6.92 Å². The third kappa shape index (κ3) is 9.22. The van der Waals surface area contributed by atoms with Crippen LogP contribution < -0.4 is 0 Å². The lowest BCUT2D eigenvalue weighted by Crippen LogP contribution is -1.96. The largest absolute Gasteiger partial charge is 0.478 e. The van der Waals surface area contributed by atoms with Crippen LogP contribution in [-0.2, 0) is 9.53 Å². The van der Waals surface area contributed by atoms with Crippen molar-refractivity contribution in [1.29, 1.82) is 0 Å². The fraction of sp³-hybridized carbons (Fsp3) is 0.583. The Morgan fingerprint density at radius 1 is 1.47 bits per heavy atom. The van der Waals surface area contributed by atoms with Crippen molar-refractivity contribution in [2.24, 2.45) is 0 Å². The topological polar surface area (TPSA) is 49.8 Å². The van der Waals surface area contributed by atoms with Crippen molar-refractivity contribution in [2.45, 2.75) is 40.2 Å². The molecule has 0 aromatic heterocycles. The molecule has 1 aliphatic rings. The molecule has 1 fully saturated rings. The Balaban J connectivity index is 0.000000336. The van der Waals surface area contributed by atoms with E-state index in [9.17, 15) is 4.79 Å². The Hall–Kier alpha value is -1.09. The van der Waals surface area contributed by atoms with Crippen LogP contribution in [0.3, 0.4) is 0 Å². The summed E-state index contributed by atoms with van der Waals surface area (Å²) in [6.45, 7) is 8.57. The van der Waals surface area contributed by atoms with Crippen LogP contribution in [0.2, 0.25) is 0 Å². The Bertz CT molecular complexity index is 256. The van der Waals surface area contributed by atoms with Crippen molar-refractivity contribution in [3.05, 3.63) is 23.3 Å². The molecule has 0 bridgehead atoms. The highest BCUT2D eigenvalue weighted by molar-refractivity contribution is 5.85. The molecule has 86 valence electrons. The number of epoxide rings is 1. The molecule has 1 aliphatic heterocycles. The van der Waals surface area contributed by atoms with Gasteiger partial charge >= 0.3 is 5.97 Å². The summed E-state index contributed by atoms with van der Waals surface area (Å²) in [5.74, 6) is -0.847. The van der Waals surface area contributed by atoms with Crippen LogP contribution in [0.15, 0.2) is 23.3 Å². The number of carboxylic acid groups (broad SMARTS) is 1. The quantitative estimate of drug-likeness (QED) is 0.444. The number of allylic oxidation sites excluding steroid dienone is 2. The fourth-order valence-electron chi connectivity index (χ4n) is 0.600. The minimum atomic E-state index is -0.847. The van der Waals surface area contributed by atoms with Gasteiger partial charge in [-0.25, -0.2) is 4.79 Å². The average Bonchev–Trinajstić information content (AvgIpc) is 2.98. The average molecular weight is 212 g/mol. The van der Waals surface area contributed by atoms with Crippen LogP contribution in [0.25, 0.3) is 0 Å². The van der Waals surface area contributed by atoms with E-state index in [2.05, 4.69) is 19.9 Å². The number of ether oxygens (including phenoxy) is 1. The molecular formula is C12H20O3. The van der Waals surface area contributed by atoms with Crippen molar-refractivity contribution in [3.63, 3.8) is 0 Å². The summed E-state index contributed by atoms with van der Waals surface area (Å²) >= 11 is 0. The molecule has 15 heavy (non-hydrogen) atoms. The first-order valence-electron chi connectivity index (χ1n) is 5.08. The lowest BCUT2D eigenvalue weighted by molar-refractivity contribution is -0.132. The second kappa shape index (κ2) is 7.23. The van der Waals surface area contributed by atoms with Gasteiger partial charge in [-0.1, -0.05) is 17.7 Å². The maximum atomic E-state index is 10.2. The highest BCUT2D eigenvalue weighted by atomic mass is 16.6. The number of aliphatic carboxylic acids is 1. The smallest absolute Gasteiger partial charge is 0.330 e. The zero-order valence-electron chi connectivity index (χ0n) is 9.91. The van der Waals surface area contributed by atoms with Crippen LogP contribution in [-0.4, -0.2) is 23.8 Å². The van der Waals surface area contributed by atoms with Gasteiger partial charge in [-0.05, 0) is 34.1 Å². The van der Waals surface area contributed by atoms with E-state index in [-0.39, 0.29) is 6.10 Å². The van der Waals surface area contributed by atoms with Crippen molar-refractivity contribution in [2.75, 3.05) is 6.61 Å². The molecule has 3 heteroatoms. The SMILES string of the molecule is CC(=CCC1CO1)C(=O)O.CC=C(C)C. The van der Waals surface area contributed by atoms with E-state index in [1.165, 1.54) is 5.57 Å². The third-order valence-corrected chi connectivity index (χ3v) is 2.00. The lowest BCUT2D eigenvalue weighted by atomic mass is 10.2. The van der Waals surface area contributed by atoms with Crippen LogP contribution in [0, 0.1) is 0 Å². The number of hydrogen-bond acceptors (Lipinski definition) is 2. The summed E-state index contributed by atoms with van der Waals surface area (Å²) < 4.78 is 4.90. The molecule has 0 aromatic rings. The monoisotopic (exact) mass is 212 g/mol. The van der Waals surface area contributed by atoms with E-state index in [0.29, 0.717) is 5.57 Å². The van der Waals surface area contributed by atoms with Crippen molar-refractivity contribution >= 4 is 5.97 Å². The first-order chi connectivity index (χ1) is 6.97. The minimum Gasteiger partial charge on any atom is -0.478 e. The van der Waals surface area contributed by atoms with E-state index < -0.39 is 5.97 Å². The Labute approximate surface area is 91.4 Å². The molecule has 1 rings (SSSR count). The minimum absolute atomic E-state index is 0.286. The van der Waals surface area contributed by atoms with E-state index in [0.717, 1.165) is 13.0 Å². The summed E-state index contributed by atoms with van der Waals surface area (Å²) in [6.07, 6.45) is 4.80. The van der Waals surface area contributed by atoms with Gasteiger partial charge in [0.05, 0.1) is 12.7 Å². The predicted molar refractivity (Wildman–Crippen MR) is 60.9 cm³/mol. The van der Waals surface area contributed by atoms with Gasteiger partial charge in [-0.2, -0.15) is 0 Å². The standard InChI is InChI=1S/C7H10O3.C5H10/c1-5(7(8)9)2-3-6-4-10-6;1-4-5(2)3/h2,6H,3-4H2,1H3,(H,8,9);4H,1-3H3. The van der Waals surface area contributed by atoms with Crippen molar-refractivity contribution < 1.29 is 14.6 Å². The summed E-state index contributed by atoms with van der Waals surface area (Å²) in [6, 6.07) is 0. The highest BCUT2D eigenvalue weighted by Crippen LogP contribution is 2.14. The van der Waals surface area contributed by atoms with Crippen molar-refractivity contribution in [3.8, 4) is 0 Å². The van der Waals surface area contributed by atoms with E-state index in [1.54, 1.807) is 13.0 Å². The van der Waals surface area contributed by atoms with Gasteiger partial charge in [0.1, 0.15) is 0 Å². The Kier molecular flexibility index (Phi) is 6.71. The summed E-state index contributed by atoms with van der Waals surface area (Å²) in [5, 5.41) is 8.41. The zero-order chi connectivity index (χ0) is 11.8. The fourth-order valence-corrected chi connectivity index (χ4v) is 0.600. The first-order valence-corrected chi connectivity index (χ1v) is 5.08. The number of carboxylic acids is 1. The van der Waals surface area contributed by atoms with Gasteiger partial charge in [0.15, 0.2) is 0 Å². The number of rotatable bonds is 3. The van der Waals surface area contributed by atoms with Crippen LogP contribution >= 0.6 is 0 Å². The molecule has 0 aliphatic carbocycles. The van der Waals surface area contributed by atoms with E-state index in [4.69, 9.17) is 9.84 Å². The molecule has 1 atom stereocenters. The summed E-state index contributed by atoms with van der Waals surface area (Å²) in [4.78, 5) is 10.2. The van der Waals surface area contributed by atoms with Gasteiger partial charge < -0.3 is 9.84 Å². The maximum Gasteiger partial charge on any atom is 0.330 e. The highest BCUT2D eigenvalue weighted by Gasteiger charge is 2.20. The summed E-state index contributed by atoms with van der Waals surface area (Å²) in [5.41, 5.74) is 1.78. The Morgan fingerprint density at radius 2 is 1.93 bits per heavy atom. The molecule has 1 unspecified atom stereocenters. The van der Waals surface area contributed by atoms with Crippen LogP contribution in [0.1, 0.15) is 34.1 Å². The van der Waals surface area contributed by atoms with Crippen LogP contribution in [0.4, 0.5) is 0 Å². The molecule has 3 nitrogen and oxygen atoms in total. The summed E-state index contributed by atoms with van der Waals surface area (Å²) in [7, 11) is 0. The molecule has 0 radical (unpaired) electrons. The zero-order valence-corrected chi connectivity index (χ0v) is 9.91. The molecule has 1 heterocycles. The maximum absolute atomic E-state index is 10.2. The van der Waals surface area contributed by atoms with Gasteiger partial charge in [-0.15, -0.1) is 0 Å². The molecular weight excluding hydrogens is 192 g/mol. The molecule has 1 N–H and O–H groups in total. The number of hydrogen-bond donors (Lipinski definition) is 1. The second-order valence-corrected chi connectivity index (χ2v) is 3.75. The normalized spacial score (nSPS) is 18.7. The third-order valence-electron chi connectivity index (χ3n) is 2.00. The molecule has 0 spiro atoms. The van der Waals surface area contributed by atoms with E-state index >= 15 is 0 Å². The van der Waals surface area contributed by atoms with Crippen LogP contribution in [0.5, 0.6) is 0 Å². The first kappa shape index (κ1) is 13.9. The van der Waals surface area contributed by atoms with Crippen molar-refractivity contribution in [1.82, 2.24) is 0 Å². The lowest BCUT2D eigenvalue weighted by Gasteiger charge is -1.89. The molecule has 0 amide bonds. The molecule has 0 saturated carbocycles. The van der Waals surface area contributed by atoms with Gasteiger partial charge in [0, 0.05) is 5.57 Å². The predicted octanol–water partition coefficient (Wildman–Crippen LogP) is 2.78.